The maximum absolute atomic E-state index is 12.4. The molecule has 0 N–H and O–H groups in total. The van der Waals surface area contributed by atoms with Crippen LogP contribution in [0.3, 0.4) is 0 Å². The van der Waals surface area contributed by atoms with Crippen LogP contribution in [0.15, 0.2) is 0 Å². The molecule has 1 saturated heterocycles. The summed E-state index contributed by atoms with van der Waals surface area (Å²) < 4.78 is 10.9. The normalized spacial score (nSPS) is 28.4. The van der Waals surface area contributed by atoms with Gasteiger partial charge < -0.3 is 9.47 Å². The first-order valence-corrected chi connectivity index (χ1v) is 9.25. The highest BCUT2D eigenvalue weighted by Crippen LogP contribution is 2.36. The van der Waals surface area contributed by atoms with Gasteiger partial charge in [-0.05, 0) is 31.6 Å². The third-order valence-corrected chi connectivity index (χ3v) is 5.20. The molecule has 0 spiro atoms. The van der Waals surface area contributed by atoms with E-state index in [0.29, 0.717) is 31.6 Å². The first kappa shape index (κ1) is 18.9. The van der Waals surface area contributed by atoms with E-state index in [1.54, 1.807) is 0 Å². The molecule has 1 saturated carbocycles. The van der Waals surface area contributed by atoms with Crippen LogP contribution in [0.2, 0.25) is 0 Å². The molecule has 24 heavy (non-hydrogen) atoms. The Kier molecular flexibility index (Phi) is 6.41. The zero-order valence-electron chi connectivity index (χ0n) is 15.2. The number of carbonyl (C=O) groups is 3. The Morgan fingerprint density at radius 3 is 2.58 bits per heavy atom. The summed E-state index contributed by atoms with van der Waals surface area (Å²) in [6.07, 6.45) is 3.30. The monoisotopic (exact) mass is 338 g/mol. The number of ketones is 1. The zero-order chi connectivity index (χ0) is 17.9. The number of Topliss-reactive ketones (excluding diaryl/α,β-unsaturated/α-hetero) is 1. The van der Waals surface area contributed by atoms with Crippen molar-refractivity contribution in [3.05, 3.63) is 0 Å². The van der Waals surface area contributed by atoms with Gasteiger partial charge in [0.1, 0.15) is 18.0 Å². The maximum Gasteiger partial charge on any atom is 0.309 e. The minimum atomic E-state index is -0.325. The molecular weight excluding hydrogens is 308 g/mol. The fourth-order valence-electron chi connectivity index (χ4n) is 3.70. The van der Waals surface area contributed by atoms with E-state index >= 15 is 0 Å². The van der Waals surface area contributed by atoms with E-state index < -0.39 is 0 Å². The van der Waals surface area contributed by atoms with E-state index in [1.165, 1.54) is 0 Å². The Morgan fingerprint density at radius 2 is 1.96 bits per heavy atom. The third kappa shape index (κ3) is 4.58. The van der Waals surface area contributed by atoms with Crippen LogP contribution >= 0.6 is 0 Å². The van der Waals surface area contributed by atoms with Crippen LogP contribution in [-0.4, -0.2) is 29.9 Å². The van der Waals surface area contributed by atoms with E-state index in [1.807, 2.05) is 27.7 Å². The number of carbonyl (C=O) groups excluding carboxylic acids is 3. The van der Waals surface area contributed by atoms with Crippen molar-refractivity contribution in [3.8, 4) is 0 Å². The molecule has 0 radical (unpaired) electrons. The summed E-state index contributed by atoms with van der Waals surface area (Å²) >= 11 is 0. The molecule has 2 fully saturated rings. The molecule has 0 aromatic heterocycles. The van der Waals surface area contributed by atoms with Crippen molar-refractivity contribution in [1.29, 1.82) is 0 Å². The van der Waals surface area contributed by atoms with E-state index in [0.717, 1.165) is 12.8 Å². The molecule has 0 amide bonds. The second-order valence-electron chi connectivity index (χ2n) is 7.77. The fraction of sp³-hybridized carbons (Fsp3) is 0.842. The van der Waals surface area contributed by atoms with Crippen LogP contribution in [0.1, 0.15) is 66.2 Å². The minimum Gasteiger partial charge on any atom is -0.458 e. The van der Waals surface area contributed by atoms with E-state index in [-0.39, 0.29) is 47.7 Å². The molecule has 5 atom stereocenters. The van der Waals surface area contributed by atoms with Crippen LogP contribution in [0.25, 0.3) is 0 Å². The average molecular weight is 338 g/mol. The largest absolute Gasteiger partial charge is 0.458 e. The molecule has 0 aromatic carbocycles. The van der Waals surface area contributed by atoms with Crippen molar-refractivity contribution in [3.63, 3.8) is 0 Å². The van der Waals surface area contributed by atoms with Crippen molar-refractivity contribution in [2.24, 2.45) is 23.7 Å². The Balaban J connectivity index is 1.85. The van der Waals surface area contributed by atoms with Crippen LogP contribution in [-0.2, 0) is 23.9 Å². The number of fused-ring (bicyclic) bond motifs is 2. The van der Waals surface area contributed by atoms with E-state index in [9.17, 15) is 14.4 Å². The topological polar surface area (TPSA) is 69.7 Å². The van der Waals surface area contributed by atoms with Gasteiger partial charge in [0.2, 0.25) is 0 Å². The highest BCUT2D eigenvalue weighted by Gasteiger charge is 2.45. The van der Waals surface area contributed by atoms with Crippen LogP contribution < -0.4 is 0 Å². The fourth-order valence-corrected chi connectivity index (χ4v) is 3.70. The quantitative estimate of drug-likeness (QED) is 0.635. The Labute approximate surface area is 144 Å². The first-order chi connectivity index (χ1) is 11.3. The lowest BCUT2D eigenvalue weighted by atomic mass is 9.86. The van der Waals surface area contributed by atoms with Crippen LogP contribution in [0, 0.1) is 23.7 Å². The minimum absolute atomic E-state index is 0.0134. The summed E-state index contributed by atoms with van der Waals surface area (Å²) in [5.74, 6) is -0.288. The van der Waals surface area contributed by atoms with Gasteiger partial charge in [0.15, 0.2) is 0 Å². The number of ether oxygens (including phenoxy) is 2. The predicted octanol–water partition coefficient (Wildman–Crippen LogP) is 3.29. The second kappa shape index (κ2) is 8.13. The summed E-state index contributed by atoms with van der Waals surface area (Å²) in [7, 11) is 0. The Hall–Kier alpha value is -1.39. The lowest BCUT2D eigenvalue weighted by Crippen LogP contribution is -2.35. The van der Waals surface area contributed by atoms with Gasteiger partial charge in [-0.2, -0.15) is 0 Å². The van der Waals surface area contributed by atoms with Gasteiger partial charge >= 0.3 is 11.9 Å². The van der Waals surface area contributed by atoms with Crippen molar-refractivity contribution >= 4 is 17.7 Å². The molecule has 1 aliphatic heterocycles. The van der Waals surface area contributed by atoms with Crippen molar-refractivity contribution in [2.45, 2.75) is 78.4 Å². The molecule has 5 heteroatoms. The molecule has 136 valence electrons. The molecule has 5 unspecified atom stereocenters. The second-order valence-corrected chi connectivity index (χ2v) is 7.77. The molecule has 2 rings (SSSR count). The number of hydrogen-bond acceptors (Lipinski definition) is 5. The highest BCUT2D eigenvalue weighted by molar-refractivity contribution is 5.82. The van der Waals surface area contributed by atoms with Crippen molar-refractivity contribution in [1.82, 2.24) is 0 Å². The smallest absolute Gasteiger partial charge is 0.309 e. The molecular formula is C19H30O5. The molecule has 5 nitrogen and oxygen atoms in total. The molecule has 2 bridgehead atoms. The van der Waals surface area contributed by atoms with Crippen LogP contribution in [0.4, 0.5) is 0 Å². The predicted molar refractivity (Wildman–Crippen MR) is 89.1 cm³/mol. The number of rotatable bonds is 8. The standard InChI is InChI=1S/C19H30O5/c1-5-13(15(20)8-11(2)3)9-12(4)18(21)23-16-7-6-14-10-17(16)24-19(14)22/h11-14,16-17H,5-10H2,1-4H3. The zero-order valence-corrected chi connectivity index (χ0v) is 15.2. The summed E-state index contributed by atoms with van der Waals surface area (Å²) in [5.41, 5.74) is 0. The number of hydrogen-bond donors (Lipinski definition) is 0. The maximum atomic E-state index is 12.4. The number of esters is 2. The summed E-state index contributed by atoms with van der Waals surface area (Å²) in [6, 6.07) is 0. The lowest BCUT2D eigenvalue weighted by Gasteiger charge is -2.27. The van der Waals surface area contributed by atoms with Crippen LogP contribution in [0.5, 0.6) is 0 Å². The Bertz CT molecular complexity index is 484. The van der Waals surface area contributed by atoms with Crippen molar-refractivity contribution in [2.75, 3.05) is 0 Å². The summed E-state index contributed by atoms with van der Waals surface area (Å²) in [6.45, 7) is 7.86. The van der Waals surface area contributed by atoms with E-state index in [2.05, 4.69) is 0 Å². The third-order valence-electron chi connectivity index (χ3n) is 5.20. The summed E-state index contributed by atoms with van der Waals surface area (Å²) in [5, 5.41) is 0. The van der Waals surface area contributed by atoms with Gasteiger partial charge in [0.05, 0.1) is 11.8 Å². The molecule has 0 aromatic rings. The van der Waals surface area contributed by atoms with Gasteiger partial charge in [0, 0.05) is 18.8 Å². The van der Waals surface area contributed by atoms with E-state index in [4.69, 9.17) is 9.47 Å². The highest BCUT2D eigenvalue weighted by atomic mass is 16.6. The molecule has 1 heterocycles. The molecule has 2 aliphatic rings. The first-order valence-electron chi connectivity index (χ1n) is 9.25. The lowest BCUT2D eigenvalue weighted by molar-refractivity contribution is -0.164. The average Bonchev–Trinajstić information content (AvgIpc) is 2.82. The SMILES string of the molecule is CCC(CC(C)C(=O)OC1CCC2CC1OC2=O)C(=O)CC(C)C. The Morgan fingerprint density at radius 1 is 1.25 bits per heavy atom. The van der Waals surface area contributed by atoms with Gasteiger partial charge in [-0.15, -0.1) is 0 Å². The summed E-state index contributed by atoms with van der Waals surface area (Å²) in [4.78, 5) is 36.2. The van der Waals surface area contributed by atoms with Gasteiger partial charge in [-0.1, -0.05) is 27.7 Å². The molecule has 1 aliphatic carbocycles. The van der Waals surface area contributed by atoms with Crippen molar-refractivity contribution < 1.29 is 23.9 Å². The van der Waals surface area contributed by atoms with Gasteiger partial charge in [0.25, 0.3) is 0 Å². The van der Waals surface area contributed by atoms with Gasteiger partial charge in [-0.3, -0.25) is 14.4 Å². The van der Waals surface area contributed by atoms with Gasteiger partial charge in [-0.25, -0.2) is 0 Å².